The van der Waals surface area contributed by atoms with Crippen LogP contribution < -0.4 is 4.74 Å². The third-order valence-electron chi connectivity index (χ3n) is 3.08. The van der Waals surface area contributed by atoms with Crippen LogP contribution in [0.2, 0.25) is 0 Å². The van der Waals surface area contributed by atoms with Crippen molar-refractivity contribution in [3.63, 3.8) is 0 Å². The van der Waals surface area contributed by atoms with Crippen molar-refractivity contribution in [3.05, 3.63) is 42.0 Å². The van der Waals surface area contributed by atoms with Crippen molar-refractivity contribution in [2.24, 2.45) is 0 Å². The summed E-state index contributed by atoms with van der Waals surface area (Å²) in [5.41, 5.74) is 0.802. The first kappa shape index (κ1) is 13.6. The van der Waals surface area contributed by atoms with Gasteiger partial charge in [0.15, 0.2) is 5.78 Å². The smallest absolute Gasteiger partial charge is 0.162 e. The van der Waals surface area contributed by atoms with Crippen LogP contribution in [0.5, 0.6) is 5.75 Å². The highest BCUT2D eigenvalue weighted by Gasteiger charge is 2.06. The largest absolute Gasteiger partial charge is 0.494 e. The van der Waals surface area contributed by atoms with E-state index in [-0.39, 0.29) is 5.78 Å². The molecule has 0 heterocycles. The molecule has 0 saturated heterocycles. The molecule has 0 amide bonds. The molecular formula is C17H20O2. The summed E-state index contributed by atoms with van der Waals surface area (Å²) in [6.45, 7) is 4.85. The highest BCUT2D eigenvalue weighted by molar-refractivity contribution is 6.00. The lowest BCUT2D eigenvalue weighted by Gasteiger charge is -2.07. The second-order valence-corrected chi connectivity index (χ2v) is 4.75. The van der Waals surface area contributed by atoms with Crippen molar-refractivity contribution in [1.82, 2.24) is 0 Å². The first-order valence-corrected chi connectivity index (χ1v) is 6.94. The minimum atomic E-state index is 0.218. The van der Waals surface area contributed by atoms with E-state index in [0.29, 0.717) is 6.42 Å². The van der Waals surface area contributed by atoms with E-state index in [1.165, 1.54) is 0 Å². The van der Waals surface area contributed by atoms with Crippen LogP contribution >= 0.6 is 0 Å². The topological polar surface area (TPSA) is 26.3 Å². The second-order valence-electron chi connectivity index (χ2n) is 4.75. The third kappa shape index (κ3) is 3.34. The SMILES string of the molecule is CCCOc1ccc2cc(C(=O)CCC)ccc2c1. The number of rotatable bonds is 6. The molecule has 0 aliphatic rings. The zero-order valence-electron chi connectivity index (χ0n) is 11.6. The lowest BCUT2D eigenvalue weighted by Crippen LogP contribution is -1.98. The van der Waals surface area contributed by atoms with Gasteiger partial charge < -0.3 is 4.74 Å². The molecule has 0 atom stereocenters. The Morgan fingerprint density at radius 3 is 2.47 bits per heavy atom. The molecule has 0 bridgehead atoms. The Balaban J connectivity index is 2.27. The Labute approximate surface area is 114 Å². The average molecular weight is 256 g/mol. The van der Waals surface area contributed by atoms with E-state index in [1.807, 2.05) is 43.3 Å². The lowest BCUT2D eigenvalue weighted by atomic mass is 10.0. The number of ether oxygens (including phenoxy) is 1. The highest BCUT2D eigenvalue weighted by atomic mass is 16.5. The van der Waals surface area contributed by atoms with Crippen molar-refractivity contribution in [2.45, 2.75) is 33.1 Å². The van der Waals surface area contributed by atoms with E-state index >= 15 is 0 Å². The first-order valence-electron chi connectivity index (χ1n) is 6.94. The molecule has 0 radical (unpaired) electrons. The Hall–Kier alpha value is -1.83. The minimum absolute atomic E-state index is 0.218. The van der Waals surface area contributed by atoms with Crippen LogP contribution in [0.15, 0.2) is 36.4 Å². The van der Waals surface area contributed by atoms with Gasteiger partial charge in [0.2, 0.25) is 0 Å². The van der Waals surface area contributed by atoms with Gasteiger partial charge in [-0.2, -0.15) is 0 Å². The van der Waals surface area contributed by atoms with Gasteiger partial charge in [-0.3, -0.25) is 4.79 Å². The van der Waals surface area contributed by atoms with Crippen molar-refractivity contribution >= 4 is 16.6 Å². The van der Waals surface area contributed by atoms with E-state index < -0.39 is 0 Å². The van der Waals surface area contributed by atoms with Crippen LogP contribution in [0.25, 0.3) is 10.8 Å². The number of ketones is 1. The Morgan fingerprint density at radius 1 is 1.00 bits per heavy atom. The van der Waals surface area contributed by atoms with Gasteiger partial charge >= 0.3 is 0 Å². The summed E-state index contributed by atoms with van der Waals surface area (Å²) in [5, 5.41) is 2.20. The monoisotopic (exact) mass is 256 g/mol. The fourth-order valence-electron chi connectivity index (χ4n) is 2.08. The van der Waals surface area contributed by atoms with Crippen LogP contribution in [-0.4, -0.2) is 12.4 Å². The van der Waals surface area contributed by atoms with E-state index in [1.54, 1.807) is 0 Å². The molecule has 2 rings (SSSR count). The van der Waals surface area contributed by atoms with Crippen molar-refractivity contribution < 1.29 is 9.53 Å². The van der Waals surface area contributed by atoms with Gasteiger partial charge in [-0.15, -0.1) is 0 Å². The average Bonchev–Trinajstić information content (AvgIpc) is 2.44. The van der Waals surface area contributed by atoms with Crippen LogP contribution in [-0.2, 0) is 0 Å². The summed E-state index contributed by atoms with van der Waals surface area (Å²) in [6, 6.07) is 11.9. The van der Waals surface area contributed by atoms with Gasteiger partial charge in [0, 0.05) is 12.0 Å². The second kappa shape index (κ2) is 6.37. The summed E-state index contributed by atoms with van der Waals surface area (Å²) >= 11 is 0. The maximum Gasteiger partial charge on any atom is 0.162 e. The van der Waals surface area contributed by atoms with E-state index in [0.717, 1.165) is 41.5 Å². The maximum absolute atomic E-state index is 11.9. The molecule has 0 fully saturated rings. The van der Waals surface area contributed by atoms with Gasteiger partial charge in [-0.1, -0.05) is 32.0 Å². The summed E-state index contributed by atoms with van der Waals surface area (Å²) in [6.07, 6.45) is 2.51. The normalized spacial score (nSPS) is 10.6. The minimum Gasteiger partial charge on any atom is -0.494 e. The Bertz CT molecular complexity index is 572. The lowest BCUT2D eigenvalue weighted by molar-refractivity contribution is 0.0982. The molecule has 0 saturated carbocycles. The molecular weight excluding hydrogens is 236 g/mol. The van der Waals surface area contributed by atoms with Crippen molar-refractivity contribution in [3.8, 4) is 5.75 Å². The predicted molar refractivity (Wildman–Crippen MR) is 79.0 cm³/mol. The van der Waals surface area contributed by atoms with Gasteiger partial charge in [0.05, 0.1) is 6.61 Å². The van der Waals surface area contributed by atoms with E-state index in [4.69, 9.17) is 4.74 Å². The molecule has 0 spiro atoms. The molecule has 0 aromatic heterocycles. The first-order chi connectivity index (χ1) is 9.24. The Morgan fingerprint density at radius 2 is 1.74 bits per heavy atom. The molecule has 2 aromatic carbocycles. The third-order valence-corrected chi connectivity index (χ3v) is 3.08. The van der Waals surface area contributed by atoms with Crippen molar-refractivity contribution in [2.75, 3.05) is 6.61 Å². The zero-order chi connectivity index (χ0) is 13.7. The van der Waals surface area contributed by atoms with Gasteiger partial charge in [0.1, 0.15) is 5.75 Å². The molecule has 100 valence electrons. The van der Waals surface area contributed by atoms with Crippen LogP contribution in [0.4, 0.5) is 0 Å². The number of carbonyl (C=O) groups is 1. The number of fused-ring (bicyclic) bond motifs is 1. The van der Waals surface area contributed by atoms with Crippen molar-refractivity contribution in [1.29, 1.82) is 0 Å². The molecule has 19 heavy (non-hydrogen) atoms. The van der Waals surface area contributed by atoms with Gasteiger partial charge in [-0.25, -0.2) is 0 Å². The summed E-state index contributed by atoms with van der Waals surface area (Å²) in [7, 11) is 0. The number of Topliss-reactive ketones (excluding diaryl/α,β-unsaturated/α-hetero) is 1. The summed E-state index contributed by atoms with van der Waals surface area (Å²) in [4.78, 5) is 11.9. The summed E-state index contributed by atoms with van der Waals surface area (Å²) < 4.78 is 5.61. The van der Waals surface area contributed by atoms with Gasteiger partial charge in [0.25, 0.3) is 0 Å². The fraction of sp³-hybridized carbons (Fsp3) is 0.353. The van der Waals surface area contributed by atoms with Gasteiger partial charge in [-0.05, 0) is 41.8 Å². The van der Waals surface area contributed by atoms with Crippen LogP contribution in [0.3, 0.4) is 0 Å². The fourth-order valence-corrected chi connectivity index (χ4v) is 2.08. The standard InChI is InChI=1S/C17H20O2/c1-3-5-17(18)15-7-6-14-12-16(19-10-4-2)9-8-13(14)11-15/h6-9,11-12H,3-5,10H2,1-2H3. The molecule has 0 unspecified atom stereocenters. The van der Waals surface area contributed by atoms with E-state index in [9.17, 15) is 4.79 Å². The molecule has 0 aliphatic heterocycles. The quantitative estimate of drug-likeness (QED) is 0.705. The molecule has 0 aliphatic carbocycles. The number of hydrogen-bond acceptors (Lipinski definition) is 2. The Kier molecular flexibility index (Phi) is 4.56. The predicted octanol–water partition coefficient (Wildman–Crippen LogP) is 4.61. The number of carbonyl (C=O) groups excluding carboxylic acids is 1. The molecule has 0 N–H and O–H groups in total. The van der Waals surface area contributed by atoms with E-state index in [2.05, 4.69) is 6.92 Å². The van der Waals surface area contributed by atoms with Crippen LogP contribution in [0, 0.1) is 0 Å². The highest BCUT2D eigenvalue weighted by Crippen LogP contribution is 2.23. The molecule has 2 heteroatoms. The number of hydrogen-bond donors (Lipinski definition) is 0. The zero-order valence-corrected chi connectivity index (χ0v) is 11.6. The summed E-state index contributed by atoms with van der Waals surface area (Å²) in [5.74, 6) is 1.11. The number of benzene rings is 2. The maximum atomic E-state index is 11.9. The van der Waals surface area contributed by atoms with Crippen LogP contribution in [0.1, 0.15) is 43.5 Å². The molecule has 2 nitrogen and oxygen atoms in total. The molecule has 2 aromatic rings.